The third kappa shape index (κ3) is 3.93. The highest BCUT2D eigenvalue weighted by atomic mass is 16.2. The number of hydrogen-bond acceptors (Lipinski definition) is 3. The Labute approximate surface area is 139 Å². The number of nitrogens with one attached hydrogen (secondary N) is 2. The van der Waals surface area contributed by atoms with E-state index in [-0.39, 0.29) is 0 Å². The molecule has 0 aromatic heterocycles. The van der Waals surface area contributed by atoms with Crippen molar-refractivity contribution in [3.05, 3.63) is 35.4 Å². The second-order valence-electron chi connectivity index (χ2n) is 6.79. The zero-order valence-corrected chi connectivity index (χ0v) is 14.2. The number of piperidine rings is 1. The maximum Gasteiger partial charge on any atom is 0.223 e. The first-order valence-corrected chi connectivity index (χ1v) is 9.04. The molecule has 1 aromatic carbocycles. The second kappa shape index (κ2) is 7.93. The van der Waals surface area contributed by atoms with Crippen LogP contribution in [-0.4, -0.2) is 44.0 Å². The predicted molar refractivity (Wildman–Crippen MR) is 93.5 cm³/mol. The molecule has 0 unspecified atom stereocenters. The van der Waals surface area contributed by atoms with Gasteiger partial charge in [-0.05, 0) is 56.3 Å². The molecule has 0 bridgehead atoms. The van der Waals surface area contributed by atoms with Crippen LogP contribution in [0.3, 0.4) is 0 Å². The van der Waals surface area contributed by atoms with Crippen LogP contribution in [0.25, 0.3) is 0 Å². The van der Waals surface area contributed by atoms with Crippen LogP contribution in [-0.2, 0) is 4.79 Å². The molecule has 4 nitrogen and oxygen atoms in total. The number of hydrogen-bond donors (Lipinski definition) is 2. The van der Waals surface area contributed by atoms with Crippen LogP contribution >= 0.6 is 0 Å². The summed E-state index contributed by atoms with van der Waals surface area (Å²) in [5.74, 6) is 0.894. The quantitative estimate of drug-likeness (QED) is 0.877. The number of rotatable bonds is 5. The molecule has 0 radical (unpaired) electrons. The highest BCUT2D eigenvalue weighted by molar-refractivity contribution is 5.76. The van der Waals surface area contributed by atoms with Gasteiger partial charge in [0.1, 0.15) is 0 Å². The molecule has 0 spiro atoms. The van der Waals surface area contributed by atoms with Gasteiger partial charge in [0.05, 0.1) is 0 Å². The van der Waals surface area contributed by atoms with Gasteiger partial charge in [0.15, 0.2) is 0 Å². The summed E-state index contributed by atoms with van der Waals surface area (Å²) in [6.07, 6.45) is 5.32. The molecule has 2 saturated heterocycles. The van der Waals surface area contributed by atoms with Crippen molar-refractivity contribution in [1.29, 1.82) is 0 Å². The van der Waals surface area contributed by atoms with Gasteiger partial charge in [0.2, 0.25) is 5.91 Å². The Morgan fingerprint density at radius 3 is 2.61 bits per heavy atom. The van der Waals surface area contributed by atoms with Gasteiger partial charge in [-0.15, -0.1) is 0 Å². The molecule has 2 N–H and O–H groups in total. The highest BCUT2D eigenvalue weighted by Gasteiger charge is 2.27. The van der Waals surface area contributed by atoms with E-state index < -0.39 is 0 Å². The van der Waals surface area contributed by atoms with Crippen LogP contribution < -0.4 is 10.6 Å². The molecule has 3 rings (SSSR count). The fourth-order valence-corrected chi connectivity index (χ4v) is 3.98. The van der Waals surface area contributed by atoms with Crippen molar-refractivity contribution in [2.45, 2.75) is 44.1 Å². The summed E-state index contributed by atoms with van der Waals surface area (Å²) in [4.78, 5) is 14.2. The average molecular weight is 315 g/mol. The molecule has 2 aliphatic rings. The van der Waals surface area contributed by atoms with Crippen LogP contribution in [0, 0.1) is 0 Å². The molecule has 2 heterocycles. The molecular formula is C19H29N3O. The zero-order valence-electron chi connectivity index (χ0n) is 14.2. The largest absolute Gasteiger partial charge is 0.343 e. The van der Waals surface area contributed by atoms with Crippen molar-refractivity contribution in [3.8, 4) is 0 Å². The Kier molecular flexibility index (Phi) is 5.68. The molecular weight excluding hydrogens is 286 g/mol. The first kappa shape index (κ1) is 16.5. The summed E-state index contributed by atoms with van der Waals surface area (Å²) in [6.45, 7) is 3.71. The van der Waals surface area contributed by atoms with Crippen molar-refractivity contribution in [2.24, 2.45) is 0 Å². The van der Waals surface area contributed by atoms with Crippen LogP contribution in [0.15, 0.2) is 24.3 Å². The van der Waals surface area contributed by atoms with Gasteiger partial charge < -0.3 is 15.5 Å². The lowest BCUT2D eigenvalue weighted by Gasteiger charge is -2.33. The third-order valence-corrected chi connectivity index (χ3v) is 5.31. The zero-order chi connectivity index (χ0) is 16.1. The minimum atomic E-state index is 0.295. The SMILES string of the molecule is CNCCC(=O)N1CCC(c2ccccc2[C@H]2CCCN2)CC1. The molecule has 126 valence electrons. The molecule has 1 aromatic rings. The summed E-state index contributed by atoms with van der Waals surface area (Å²) in [6, 6.07) is 9.45. The van der Waals surface area contributed by atoms with E-state index in [9.17, 15) is 4.79 Å². The highest BCUT2D eigenvalue weighted by Crippen LogP contribution is 2.35. The molecule has 2 fully saturated rings. The summed E-state index contributed by atoms with van der Waals surface area (Å²) >= 11 is 0. The Morgan fingerprint density at radius 1 is 1.22 bits per heavy atom. The first-order chi connectivity index (χ1) is 11.3. The molecule has 1 amide bonds. The fraction of sp³-hybridized carbons (Fsp3) is 0.632. The minimum absolute atomic E-state index is 0.295. The lowest BCUT2D eigenvalue weighted by molar-refractivity contribution is -0.132. The van der Waals surface area contributed by atoms with Gasteiger partial charge in [-0.3, -0.25) is 4.79 Å². The van der Waals surface area contributed by atoms with Crippen molar-refractivity contribution in [3.63, 3.8) is 0 Å². The number of likely N-dealkylation sites (tertiary alicyclic amines) is 1. The standard InChI is InChI=1S/C19H29N3O/c1-20-12-8-19(23)22-13-9-15(10-14-22)16-5-2-3-6-17(16)18-7-4-11-21-18/h2-3,5-6,15,18,20-21H,4,7-14H2,1H3/t18-/m1/s1. The van der Waals surface area contributed by atoms with Gasteiger partial charge in [-0.25, -0.2) is 0 Å². The molecule has 1 atom stereocenters. The smallest absolute Gasteiger partial charge is 0.223 e. The number of amides is 1. The second-order valence-corrected chi connectivity index (χ2v) is 6.79. The van der Waals surface area contributed by atoms with E-state index in [4.69, 9.17) is 0 Å². The molecule has 23 heavy (non-hydrogen) atoms. The van der Waals surface area contributed by atoms with E-state index in [0.29, 0.717) is 24.3 Å². The van der Waals surface area contributed by atoms with Gasteiger partial charge >= 0.3 is 0 Å². The Morgan fingerprint density at radius 2 is 1.96 bits per heavy atom. The average Bonchev–Trinajstić information content (AvgIpc) is 3.14. The van der Waals surface area contributed by atoms with Crippen molar-refractivity contribution >= 4 is 5.91 Å². The summed E-state index contributed by atoms with van der Waals surface area (Å²) in [5.41, 5.74) is 3.00. The fourth-order valence-electron chi connectivity index (χ4n) is 3.98. The van der Waals surface area contributed by atoms with Crippen molar-refractivity contribution < 1.29 is 4.79 Å². The lowest BCUT2D eigenvalue weighted by Crippen LogP contribution is -2.39. The molecule has 0 aliphatic carbocycles. The van der Waals surface area contributed by atoms with E-state index in [1.54, 1.807) is 0 Å². The van der Waals surface area contributed by atoms with Crippen LogP contribution in [0.5, 0.6) is 0 Å². The Balaban J connectivity index is 1.63. The number of carbonyl (C=O) groups is 1. The Hall–Kier alpha value is -1.39. The maximum absolute atomic E-state index is 12.2. The lowest BCUT2D eigenvalue weighted by atomic mass is 9.84. The summed E-state index contributed by atoms with van der Waals surface area (Å²) in [7, 11) is 1.90. The van der Waals surface area contributed by atoms with Gasteiger partial charge in [0.25, 0.3) is 0 Å². The van der Waals surface area contributed by atoms with E-state index >= 15 is 0 Å². The molecule has 2 aliphatic heterocycles. The van der Waals surface area contributed by atoms with Crippen LogP contribution in [0.2, 0.25) is 0 Å². The third-order valence-electron chi connectivity index (χ3n) is 5.31. The normalized spacial score (nSPS) is 22.5. The predicted octanol–water partition coefficient (Wildman–Crippen LogP) is 2.43. The van der Waals surface area contributed by atoms with Crippen molar-refractivity contribution in [2.75, 3.05) is 33.2 Å². The number of carbonyl (C=O) groups excluding carboxylic acids is 1. The van der Waals surface area contributed by atoms with E-state index in [1.807, 2.05) is 11.9 Å². The van der Waals surface area contributed by atoms with E-state index in [0.717, 1.165) is 39.0 Å². The summed E-state index contributed by atoms with van der Waals surface area (Å²) < 4.78 is 0. The van der Waals surface area contributed by atoms with Gasteiger partial charge in [-0.1, -0.05) is 24.3 Å². The first-order valence-electron chi connectivity index (χ1n) is 9.04. The van der Waals surface area contributed by atoms with Crippen LogP contribution in [0.1, 0.15) is 55.2 Å². The van der Waals surface area contributed by atoms with E-state index in [2.05, 4.69) is 34.9 Å². The van der Waals surface area contributed by atoms with Gasteiger partial charge in [0, 0.05) is 32.1 Å². The van der Waals surface area contributed by atoms with Crippen LogP contribution in [0.4, 0.5) is 0 Å². The van der Waals surface area contributed by atoms with Gasteiger partial charge in [-0.2, -0.15) is 0 Å². The maximum atomic E-state index is 12.2. The number of benzene rings is 1. The molecule has 0 saturated carbocycles. The Bertz CT molecular complexity index is 517. The van der Waals surface area contributed by atoms with Crippen molar-refractivity contribution in [1.82, 2.24) is 15.5 Å². The molecule has 4 heteroatoms. The van der Waals surface area contributed by atoms with E-state index in [1.165, 1.54) is 24.0 Å². The number of nitrogens with zero attached hydrogens (tertiary/aromatic N) is 1. The minimum Gasteiger partial charge on any atom is -0.343 e. The monoisotopic (exact) mass is 315 g/mol. The summed E-state index contributed by atoms with van der Waals surface area (Å²) in [5, 5.41) is 6.69. The topological polar surface area (TPSA) is 44.4 Å².